The molecule has 0 aliphatic rings. The largest absolute Gasteiger partial charge is 0.491 e. The van der Waals surface area contributed by atoms with Gasteiger partial charge in [-0.15, -0.1) is 0 Å². The summed E-state index contributed by atoms with van der Waals surface area (Å²) in [6.45, 7) is 11.7. The van der Waals surface area contributed by atoms with Crippen LogP contribution in [0.25, 0.3) is 11.6 Å². The van der Waals surface area contributed by atoms with Gasteiger partial charge in [0, 0.05) is 0 Å². The number of rotatable bonds is 50. The van der Waals surface area contributed by atoms with Crippen LogP contribution in [0.5, 0.6) is 23.0 Å². The van der Waals surface area contributed by atoms with Crippen molar-refractivity contribution in [2.75, 3.05) is 72.7 Å². The van der Waals surface area contributed by atoms with Crippen molar-refractivity contribution in [3.63, 3.8) is 0 Å². The second-order valence-corrected chi connectivity index (χ2v) is 18.5. The molecule has 0 amide bonds. The number of nitriles is 1. The SMILES string of the molecule is CCCCCCCCCCCCOc1cc(/C(C#N)=C/c2ccc(OCCOCCOCCOCCO)cc2)cc(OCCCCCCCCCCCC)c1OCCCCCCCCCCCC. The molecule has 0 spiro atoms. The third kappa shape index (κ3) is 33.3. The number of aliphatic hydroxyl groups excluding tert-OH is 1. The summed E-state index contributed by atoms with van der Waals surface area (Å²) in [6, 6.07) is 14.2. The Bertz CT molecular complexity index is 1440. The molecule has 0 fully saturated rings. The van der Waals surface area contributed by atoms with Crippen LogP contribution in [-0.4, -0.2) is 77.8 Å². The van der Waals surface area contributed by atoms with Gasteiger partial charge in [-0.05, 0) is 60.7 Å². The maximum atomic E-state index is 10.6. The normalized spacial score (nSPS) is 11.5. The summed E-state index contributed by atoms with van der Waals surface area (Å²) >= 11 is 0. The highest BCUT2D eigenvalue weighted by atomic mass is 16.6. The summed E-state index contributed by atoms with van der Waals surface area (Å²) in [4.78, 5) is 0. The first-order chi connectivity index (χ1) is 33.7. The van der Waals surface area contributed by atoms with Gasteiger partial charge < -0.3 is 38.3 Å². The molecule has 0 saturated heterocycles. The van der Waals surface area contributed by atoms with Crippen LogP contribution in [0.15, 0.2) is 36.4 Å². The Kier molecular flexibility index (Phi) is 41.3. The van der Waals surface area contributed by atoms with Gasteiger partial charge in [0.25, 0.3) is 0 Å². The van der Waals surface area contributed by atoms with E-state index in [-0.39, 0.29) is 6.61 Å². The molecule has 0 unspecified atom stereocenters. The Morgan fingerprint density at radius 3 is 1.16 bits per heavy atom. The minimum atomic E-state index is 0.0138. The Balaban J connectivity index is 2.15. The van der Waals surface area contributed by atoms with E-state index in [9.17, 15) is 5.26 Å². The molecule has 0 aliphatic heterocycles. The fraction of sp³-hybridized carbons (Fsp3) is 0.746. The monoisotopic (exact) mass is 950 g/mol. The van der Waals surface area contributed by atoms with Gasteiger partial charge in [-0.2, -0.15) is 5.26 Å². The first-order valence-electron chi connectivity index (χ1n) is 27.9. The minimum Gasteiger partial charge on any atom is -0.491 e. The zero-order chi connectivity index (χ0) is 48.6. The van der Waals surface area contributed by atoms with Crippen LogP contribution in [0.3, 0.4) is 0 Å². The van der Waals surface area contributed by atoms with Crippen molar-refractivity contribution < 1.29 is 38.3 Å². The molecule has 2 rings (SSSR count). The average Bonchev–Trinajstić information content (AvgIpc) is 3.35. The van der Waals surface area contributed by atoms with E-state index in [1.165, 1.54) is 154 Å². The van der Waals surface area contributed by atoms with E-state index in [0.717, 1.165) is 55.4 Å². The molecule has 68 heavy (non-hydrogen) atoms. The summed E-state index contributed by atoms with van der Waals surface area (Å²) in [5, 5.41) is 19.4. The van der Waals surface area contributed by atoms with Crippen LogP contribution in [0.1, 0.15) is 225 Å². The van der Waals surface area contributed by atoms with Gasteiger partial charge in [-0.1, -0.05) is 206 Å². The molecule has 0 atom stereocenters. The molecule has 9 nitrogen and oxygen atoms in total. The number of unbranched alkanes of at least 4 members (excludes halogenated alkanes) is 27. The Morgan fingerprint density at radius 1 is 0.426 bits per heavy atom. The molecule has 0 heterocycles. The molecule has 0 bridgehead atoms. The number of ether oxygens (including phenoxy) is 7. The summed E-state index contributed by atoms with van der Waals surface area (Å²) in [5.41, 5.74) is 2.18. The van der Waals surface area contributed by atoms with Crippen molar-refractivity contribution in [2.45, 2.75) is 213 Å². The van der Waals surface area contributed by atoms with E-state index in [1.54, 1.807) is 0 Å². The molecular formula is C59H99NO8. The molecule has 0 saturated carbocycles. The molecule has 0 aliphatic carbocycles. The van der Waals surface area contributed by atoms with Crippen molar-refractivity contribution in [3.05, 3.63) is 47.5 Å². The maximum Gasteiger partial charge on any atom is 0.203 e. The molecule has 1 N–H and O–H groups in total. The van der Waals surface area contributed by atoms with Gasteiger partial charge >= 0.3 is 0 Å². The highest BCUT2D eigenvalue weighted by molar-refractivity contribution is 5.90. The van der Waals surface area contributed by atoms with Crippen molar-refractivity contribution in [1.29, 1.82) is 5.26 Å². The predicted octanol–water partition coefficient (Wildman–Crippen LogP) is 16.1. The Labute approximate surface area is 416 Å². The lowest BCUT2D eigenvalue weighted by Gasteiger charge is -2.19. The lowest BCUT2D eigenvalue weighted by molar-refractivity contribution is 0.00361. The van der Waals surface area contributed by atoms with Crippen LogP contribution in [0, 0.1) is 11.3 Å². The molecule has 388 valence electrons. The zero-order valence-corrected chi connectivity index (χ0v) is 43.8. The van der Waals surface area contributed by atoms with Crippen LogP contribution in [0.4, 0.5) is 0 Å². The van der Waals surface area contributed by atoms with Crippen LogP contribution >= 0.6 is 0 Å². The minimum absolute atomic E-state index is 0.0138. The molecular weight excluding hydrogens is 851 g/mol. The van der Waals surface area contributed by atoms with E-state index < -0.39 is 0 Å². The molecule has 0 aromatic heterocycles. The van der Waals surface area contributed by atoms with Gasteiger partial charge in [-0.25, -0.2) is 0 Å². The smallest absolute Gasteiger partial charge is 0.203 e. The Morgan fingerprint density at radius 2 is 0.779 bits per heavy atom. The topological polar surface area (TPSA) is 109 Å². The van der Waals surface area contributed by atoms with E-state index in [1.807, 2.05) is 42.5 Å². The summed E-state index contributed by atoms with van der Waals surface area (Å²) in [7, 11) is 0. The highest BCUT2D eigenvalue weighted by Crippen LogP contribution is 2.41. The van der Waals surface area contributed by atoms with Gasteiger partial charge in [0.2, 0.25) is 5.75 Å². The van der Waals surface area contributed by atoms with Crippen molar-refractivity contribution in [3.8, 4) is 29.1 Å². The molecule has 0 radical (unpaired) electrons. The fourth-order valence-corrected chi connectivity index (χ4v) is 8.23. The van der Waals surface area contributed by atoms with E-state index in [2.05, 4.69) is 26.8 Å². The third-order valence-corrected chi connectivity index (χ3v) is 12.4. The van der Waals surface area contributed by atoms with E-state index in [0.29, 0.717) is 88.9 Å². The Hall–Kier alpha value is -3.29. The summed E-state index contributed by atoms with van der Waals surface area (Å²) < 4.78 is 42.1. The number of nitrogens with zero attached hydrogens (tertiary/aromatic N) is 1. The lowest BCUT2D eigenvalue weighted by Crippen LogP contribution is -2.13. The van der Waals surface area contributed by atoms with Crippen molar-refractivity contribution in [2.24, 2.45) is 0 Å². The summed E-state index contributed by atoms with van der Waals surface area (Å²) in [5.74, 6) is 2.72. The predicted molar refractivity (Wildman–Crippen MR) is 283 cm³/mol. The second-order valence-electron chi connectivity index (χ2n) is 18.5. The average molecular weight is 950 g/mol. The van der Waals surface area contributed by atoms with E-state index >= 15 is 0 Å². The van der Waals surface area contributed by atoms with Gasteiger partial charge in [0.05, 0.1) is 77.7 Å². The number of hydrogen-bond acceptors (Lipinski definition) is 9. The lowest BCUT2D eigenvalue weighted by atomic mass is 10.0. The second kappa shape index (κ2) is 46.1. The van der Waals surface area contributed by atoms with Crippen molar-refractivity contribution in [1.82, 2.24) is 0 Å². The van der Waals surface area contributed by atoms with Crippen molar-refractivity contribution >= 4 is 11.6 Å². The first kappa shape index (κ1) is 60.8. The molecule has 2 aromatic carbocycles. The number of allylic oxidation sites excluding steroid dienone is 1. The fourth-order valence-electron chi connectivity index (χ4n) is 8.23. The number of aliphatic hydroxyl groups is 1. The number of hydrogen-bond donors (Lipinski definition) is 1. The molecule has 9 heteroatoms. The van der Waals surface area contributed by atoms with Gasteiger partial charge in [-0.3, -0.25) is 0 Å². The van der Waals surface area contributed by atoms with Crippen LogP contribution < -0.4 is 18.9 Å². The highest BCUT2D eigenvalue weighted by Gasteiger charge is 2.18. The van der Waals surface area contributed by atoms with E-state index in [4.69, 9.17) is 38.3 Å². The van der Waals surface area contributed by atoms with Crippen LogP contribution in [-0.2, 0) is 14.2 Å². The van der Waals surface area contributed by atoms with Gasteiger partial charge in [0.15, 0.2) is 11.5 Å². The maximum absolute atomic E-state index is 10.6. The van der Waals surface area contributed by atoms with Crippen LogP contribution in [0.2, 0.25) is 0 Å². The first-order valence-corrected chi connectivity index (χ1v) is 27.9. The summed E-state index contributed by atoms with van der Waals surface area (Å²) in [6.07, 6.45) is 39.9. The zero-order valence-electron chi connectivity index (χ0n) is 43.8. The quantitative estimate of drug-likeness (QED) is 0.0394. The molecule has 2 aromatic rings. The number of benzene rings is 2. The third-order valence-electron chi connectivity index (χ3n) is 12.4. The van der Waals surface area contributed by atoms with Gasteiger partial charge in [0.1, 0.15) is 12.4 Å². The standard InChI is InChI=1S/C59H99NO8/c1-4-7-10-13-16-19-22-25-28-31-39-66-57-50-54(55(52-60)49-53-34-36-56(37-35-53)65-48-47-64-46-45-63-44-43-62-42-38-61)51-58(67-40-32-29-26-23-20-17-14-11-8-5-2)59(57)68-41-33-30-27-24-21-18-15-12-9-6-3/h34-37,49-51,61H,4-33,38-48H2,1-3H3/b55-49+.